The maximum Gasteiger partial charge on any atom is 0.159 e. The Kier molecular flexibility index (Phi) is 10.9. The van der Waals surface area contributed by atoms with Gasteiger partial charge in [-0.15, -0.1) is 34.9 Å². The zero-order valence-corrected chi connectivity index (χ0v) is 28.6. The van der Waals surface area contributed by atoms with E-state index >= 15 is 0 Å². The van der Waals surface area contributed by atoms with E-state index in [2.05, 4.69) is 56.3 Å². The Morgan fingerprint density at radius 1 is 0.929 bits per heavy atom. The number of aromatic nitrogens is 1. The Morgan fingerprint density at radius 2 is 1.57 bits per heavy atom. The Morgan fingerprint density at radius 3 is 2.17 bits per heavy atom. The number of aliphatic hydroxyl groups excluding tert-OH is 1. The molecule has 0 aliphatic heterocycles. The molecule has 4 aliphatic carbocycles. The first-order valence-electron chi connectivity index (χ1n) is 15.9. The molecule has 0 unspecified atom stereocenters. The number of fused-ring (bicyclic) bond motifs is 1. The number of allylic oxidation sites excluding steroid dienone is 2. The fourth-order valence-corrected chi connectivity index (χ4v) is 8.22. The van der Waals surface area contributed by atoms with Gasteiger partial charge in [-0.25, -0.2) is 0 Å². The molecule has 4 heteroatoms. The summed E-state index contributed by atoms with van der Waals surface area (Å²) in [5, 5.41) is 11.9. The molecule has 2 aromatic carbocycles. The van der Waals surface area contributed by atoms with Crippen molar-refractivity contribution in [1.29, 1.82) is 0 Å². The number of ketones is 1. The monoisotopic (exact) mass is 743 g/mol. The molecule has 0 saturated heterocycles. The Bertz CT molecular complexity index is 1370. The predicted octanol–water partition coefficient (Wildman–Crippen LogP) is 9.95. The summed E-state index contributed by atoms with van der Waals surface area (Å²) in [5.74, 6) is 5.65. The van der Waals surface area contributed by atoms with Crippen LogP contribution in [-0.2, 0) is 24.9 Å². The van der Waals surface area contributed by atoms with Gasteiger partial charge in [-0.05, 0) is 102 Å². The van der Waals surface area contributed by atoms with E-state index in [0.717, 1.165) is 40.8 Å². The molecule has 4 saturated carbocycles. The molecule has 1 heterocycles. The van der Waals surface area contributed by atoms with E-state index in [-0.39, 0.29) is 31.6 Å². The summed E-state index contributed by atoms with van der Waals surface area (Å²) in [4.78, 5) is 16.0. The van der Waals surface area contributed by atoms with Crippen molar-refractivity contribution < 1.29 is 30.0 Å². The maximum atomic E-state index is 11.2. The molecule has 4 aliphatic rings. The number of hydrogen-bond acceptors (Lipinski definition) is 3. The van der Waals surface area contributed by atoms with E-state index in [4.69, 9.17) is 4.98 Å². The second kappa shape index (κ2) is 14.0. The van der Waals surface area contributed by atoms with Crippen LogP contribution in [0.2, 0.25) is 0 Å². The largest absolute Gasteiger partial charge is 0.512 e. The molecule has 1 N–H and O–H groups in total. The van der Waals surface area contributed by atoms with Crippen LogP contribution < -0.4 is 0 Å². The number of pyridine rings is 1. The fourth-order valence-electron chi connectivity index (χ4n) is 8.22. The summed E-state index contributed by atoms with van der Waals surface area (Å²) in [6, 6.07) is 17.4. The zero-order chi connectivity index (χ0) is 29.3. The second-order valence-electron chi connectivity index (χ2n) is 14.1. The van der Waals surface area contributed by atoms with Gasteiger partial charge in [0.1, 0.15) is 0 Å². The standard InChI is InChI=1S/C27H28N.C11H20O2.Ir/c1-16-7-17(2)9-24(8-16)27-25-15-21(4-3-20(25)5-6-28-27)26-22-11-18-10-19(13-22)14-23(26)12-18;1-8(2)5-10(12)7-11(13)6-9(3)4;/h3-8,15,18-19,22-23,26H,10-14H2,1-2H3;7-9,12H,5-6H2,1-4H3;/q-1;;/b;10-7-;. The van der Waals surface area contributed by atoms with Gasteiger partial charge in [0.05, 0.1) is 5.76 Å². The molecular weight excluding hydrogens is 695 g/mol. The number of benzene rings is 2. The van der Waals surface area contributed by atoms with Crippen molar-refractivity contribution in [2.75, 3.05) is 0 Å². The van der Waals surface area contributed by atoms with Gasteiger partial charge in [0.25, 0.3) is 0 Å². The van der Waals surface area contributed by atoms with E-state index in [0.29, 0.717) is 24.7 Å². The molecule has 0 atom stereocenters. The summed E-state index contributed by atoms with van der Waals surface area (Å²) >= 11 is 0. The third kappa shape index (κ3) is 7.80. The first-order chi connectivity index (χ1) is 19.5. The second-order valence-corrected chi connectivity index (χ2v) is 14.1. The quantitative estimate of drug-likeness (QED) is 0.149. The number of carbonyl (C=O) groups is 1. The van der Waals surface area contributed by atoms with Gasteiger partial charge in [0.15, 0.2) is 5.78 Å². The minimum absolute atomic E-state index is 0. The molecule has 4 fully saturated rings. The summed E-state index contributed by atoms with van der Waals surface area (Å²) in [7, 11) is 0. The number of carbonyl (C=O) groups excluding carboxylic acids is 1. The molecule has 227 valence electrons. The summed E-state index contributed by atoms with van der Waals surface area (Å²) in [6.07, 6.45) is 11.8. The van der Waals surface area contributed by atoms with Crippen molar-refractivity contribution in [3.63, 3.8) is 0 Å². The van der Waals surface area contributed by atoms with E-state index in [1.54, 1.807) is 5.56 Å². The van der Waals surface area contributed by atoms with Gasteiger partial charge in [0.2, 0.25) is 0 Å². The summed E-state index contributed by atoms with van der Waals surface area (Å²) in [6.45, 7) is 12.3. The van der Waals surface area contributed by atoms with Gasteiger partial charge in [-0.3, -0.25) is 4.79 Å². The molecule has 3 aromatic rings. The number of hydrogen-bond donors (Lipinski definition) is 1. The molecule has 4 bridgehead atoms. The van der Waals surface area contributed by atoms with Crippen LogP contribution in [0, 0.1) is 55.4 Å². The van der Waals surface area contributed by atoms with Crippen molar-refractivity contribution >= 4 is 16.6 Å². The normalized spacial score (nSPS) is 24.5. The van der Waals surface area contributed by atoms with Crippen LogP contribution in [-0.4, -0.2) is 15.9 Å². The average molecular weight is 743 g/mol. The van der Waals surface area contributed by atoms with Crippen LogP contribution in [0.5, 0.6) is 0 Å². The first-order valence-corrected chi connectivity index (χ1v) is 15.9. The molecule has 0 spiro atoms. The van der Waals surface area contributed by atoms with E-state index in [1.165, 1.54) is 60.1 Å². The minimum Gasteiger partial charge on any atom is -0.512 e. The van der Waals surface area contributed by atoms with Crippen LogP contribution in [0.3, 0.4) is 0 Å². The van der Waals surface area contributed by atoms with Crippen molar-refractivity contribution in [3.05, 3.63) is 77.2 Å². The van der Waals surface area contributed by atoms with Crippen LogP contribution in [0.15, 0.2) is 54.4 Å². The van der Waals surface area contributed by atoms with Crippen molar-refractivity contribution in [3.8, 4) is 11.3 Å². The number of rotatable bonds is 7. The summed E-state index contributed by atoms with van der Waals surface area (Å²) in [5.41, 5.74) is 6.26. The van der Waals surface area contributed by atoms with Gasteiger partial charge < -0.3 is 10.1 Å². The average Bonchev–Trinajstić information content (AvgIpc) is 2.86. The smallest absolute Gasteiger partial charge is 0.159 e. The van der Waals surface area contributed by atoms with E-state index in [1.807, 2.05) is 33.9 Å². The maximum absolute atomic E-state index is 11.2. The molecule has 1 aromatic heterocycles. The van der Waals surface area contributed by atoms with E-state index < -0.39 is 0 Å². The number of nitrogens with zero attached hydrogens (tertiary/aromatic N) is 1. The minimum atomic E-state index is 0. The third-order valence-electron chi connectivity index (χ3n) is 9.36. The van der Waals surface area contributed by atoms with E-state index in [9.17, 15) is 9.90 Å². The number of aliphatic hydroxyl groups is 1. The van der Waals surface area contributed by atoms with Crippen molar-refractivity contribution in [2.24, 2.45) is 35.5 Å². The van der Waals surface area contributed by atoms with Crippen molar-refractivity contribution in [2.45, 2.75) is 92.4 Å². The molecule has 0 amide bonds. The molecular formula is C38H48IrNO2-. The van der Waals surface area contributed by atoms with Crippen LogP contribution in [0.4, 0.5) is 0 Å². The fraction of sp³-hybridized carbons (Fsp3) is 0.526. The van der Waals surface area contributed by atoms with Gasteiger partial charge in [-0.2, -0.15) is 0 Å². The Hall–Kier alpha value is -2.29. The molecule has 7 rings (SSSR count). The topological polar surface area (TPSA) is 50.2 Å². The van der Waals surface area contributed by atoms with Crippen LogP contribution in [0.25, 0.3) is 22.0 Å². The molecule has 3 nitrogen and oxygen atoms in total. The van der Waals surface area contributed by atoms with Crippen LogP contribution in [0.1, 0.15) is 95.2 Å². The summed E-state index contributed by atoms with van der Waals surface area (Å²) < 4.78 is 0. The number of aryl methyl sites for hydroxylation is 2. The Balaban J connectivity index is 0.000000249. The predicted molar refractivity (Wildman–Crippen MR) is 170 cm³/mol. The van der Waals surface area contributed by atoms with Gasteiger partial charge >= 0.3 is 0 Å². The Labute approximate surface area is 267 Å². The third-order valence-corrected chi connectivity index (χ3v) is 9.36. The van der Waals surface area contributed by atoms with Crippen LogP contribution >= 0.6 is 0 Å². The first kappa shape index (κ1) is 32.6. The zero-order valence-electron chi connectivity index (χ0n) is 26.2. The molecule has 42 heavy (non-hydrogen) atoms. The van der Waals surface area contributed by atoms with Crippen molar-refractivity contribution in [1.82, 2.24) is 4.98 Å². The van der Waals surface area contributed by atoms with Gasteiger partial charge in [-0.1, -0.05) is 59.7 Å². The molecule has 1 radical (unpaired) electrons. The van der Waals surface area contributed by atoms with Gasteiger partial charge in [0, 0.05) is 45.2 Å². The SMILES string of the molecule is CC(C)CC(=O)/C=C(\O)CC(C)C.Cc1[c-]c(-c2nccc3ccc(C4C5CC6CC(C5)CC4C6)cc23)cc(C)c1.[Ir].